The van der Waals surface area contributed by atoms with E-state index in [1.54, 1.807) is 0 Å². The maximum atomic E-state index is 12.1. The van der Waals surface area contributed by atoms with Gasteiger partial charge in [0, 0.05) is 11.1 Å². The van der Waals surface area contributed by atoms with E-state index in [0.29, 0.717) is 10.9 Å². The molecule has 0 spiro atoms. The number of H-pyrrole nitrogens is 1. The van der Waals surface area contributed by atoms with Crippen molar-refractivity contribution in [2.24, 2.45) is 0 Å². The molecule has 9 heteroatoms. The first kappa shape index (κ1) is 17.2. The molecule has 0 aliphatic heterocycles. The highest BCUT2D eigenvalue weighted by Crippen LogP contribution is 2.19. The van der Waals surface area contributed by atoms with Crippen molar-refractivity contribution in [3.63, 3.8) is 0 Å². The first-order valence-electron chi connectivity index (χ1n) is 7.68. The lowest BCUT2D eigenvalue weighted by atomic mass is 9.93. The first-order chi connectivity index (χ1) is 11.8. The van der Waals surface area contributed by atoms with E-state index in [1.165, 1.54) is 16.3 Å². The highest BCUT2D eigenvalue weighted by molar-refractivity contribution is 7.99. The molecule has 3 rings (SSSR count). The lowest BCUT2D eigenvalue weighted by Gasteiger charge is -2.15. The fraction of sp³-hybridized carbons (Fsp3) is 0.312. The molecule has 0 aliphatic rings. The number of hydrogen-bond donors (Lipinski definition) is 2. The standard InChI is InChI=1S/C16H18N6O2S/c1-16(2,3)12-13(24)18-14-19-20-15(22(14)21-12)25-9-11(23)17-10-7-5-4-6-8-10/h4-8H,9H2,1-3H3,(H,17,23)(H,18,19,24). The van der Waals surface area contributed by atoms with Crippen LogP contribution in [0.5, 0.6) is 0 Å². The highest BCUT2D eigenvalue weighted by Gasteiger charge is 2.22. The summed E-state index contributed by atoms with van der Waals surface area (Å²) in [5.41, 5.74) is 0.413. The molecular formula is C16H18N6O2S. The van der Waals surface area contributed by atoms with Crippen molar-refractivity contribution in [1.82, 2.24) is 24.8 Å². The van der Waals surface area contributed by atoms with Crippen LogP contribution in [-0.2, 0) is 10.2 Å². The number of aromatic amines is 1. The summed E-state index contributed by atoms with van der Waals surface area (Å²) in [6, 6.07) is 9.21. The second kappa shape index (κ2) is 6.67. The van der Waals surface area contributed by atoms with Gasteiger partial charge in [0.05, 0.1) is 5.75 Å². The Hall–Kier alpha value is -2.68. The van der Waals surface area contributed by atoms with Gasteiger partial charge in [-0.2, -0.15) is 9.61 Å². The molecule has 1 aromatic carbocycles. The fourth-order valence-corrected chi connectivity index (χ4v) is 2.85. The number of carbonyl (C=O) groups excluding carboxylic acids is 1. The molecule has 8 nitrogen and oxygen atoms in total. The van der Waals surface area contributed by atoms with Gasteiger partial charge in [0.15, 0.2) is 0 Å². The number of thioether (sulfide) groups is 1. The molecule has 25 heavy (non-hydrogen) atoms. The van der Waals surface area contributed by atoms with E-state index >= 15 is 0 Å². The van der Waals surface area contributed by atoms with Crippen LogP contribution < -0.4 is 10.9 Å². The van der Waals surface area contributed by atoms with Gasteiger partial charge in [-0.25, -0.2) is 0 Å². The quantitative estimate of drug-likeness (QED) is 0.690. The van der Waals surface area contributed by atoms with Crippen LogP contribution in [0, 0.1) is 0 Å². The van der Waals surface area contributed by atoms with Gasteiger partial charge < -0.3 is 5.32 Å². The van der Waals surface area contributed by atoms with Crippen LogP contribution in [0.4, 0.5) is 5.69 Å². The zero-order chi connectivity index (χ0) is 18.0. The Bertz CT molecular complexity index is 958. The average molecular weight is 358 g/mol. The molecule has 0 aliphatic carbocycles. The lowest BCUT2D eigenvalue weighted by molar-refractivity contribution is -0.113. The van der Waals surface area contributed by atoms with Crippen molar-refractivity contribution in [3.05, 3.63) is 46.4 Å². The second-order valence-corrected chi connectivity index (χ2v) is 7.42. The van der Waals surface area contributed by atoms with Crippen molar-refractivity contribution >= 4 is 29.1 Å². The smallest absolute Gasteiger partial charge is 0.274 e. The molecule has 2 N–H and O–H groups in total. The van der Waals surface area contributed by atoms with Crippen LogP contribution in [0.25, 0.3) is 5.78 Å². The number of anilines is 1. The highest BCUT2D eigenvalue weighted by atomic mass is 32.2. The summed E-state index contributed by atoms with van der Waals surface area (Å²) >= 11 is 1.20. The number of hydrogen-bond acceptors (Lipinski definition) is 6. The Morgan fingerprint density at radius 3 is 2.64 bits per heavy atom. The predicted molar refractivity (Wildman–Crippen MR) is 95.9 cm³/mol. The number of amides is 1. The van der Waals surface area contributed by atoms with Crippen molar-refractivity contribution < 1.29 is 4.79 Å². The maximum absolute atomic E-state index is 12.1. The van der Waals surface area contributed by atoms with Crippen LogP contribution in [-0.4, -0.2) is 36.5 Å². The molecule has 0 saturated carbocycles. The summed E-state index contributed by atoms with van der Waals surface area (Å²) < 4.78 is 1.46. The molecule has 3 aromatic rings. The lowest BCUT2D eigenvalue weighted by Crippen LogP contribution is -2.28. The molecule has 0 fully saturated rings. The number of benzene rings is 1. The van der Waals surface area contributed by atoms with E-state index in [2.05, 4.69) is 25.6 Å². The van der Waals surface area contributed by atoms with E-state index in [9.17, 15) is 9.59 Å². The van der Waals surface area contributed by atoms with Gasteiger partial charge in [-0.3, -0.25) is 14.6 Å². The van der Waals surface area contributed by atoms with E-state index < -0.39 is 5.41 Å². The number of nitrogens with zero attached hydrogens (tertiary/aromatic N) is 4. The third kappa shape index (κ3) is 3.87. The van der Waals surface area contributed by atoms with E-state index in [4.69, 9.17) is 0 Å². The molecule has 0 bridgehead atoms. The summed E-state index contributed by atoms with van der Waals surface area (Å²) in [4.78, 5) is 26.8. The molecule has 0 unspecified atom stereocenters. The first-order valence-corrected chi connectivity index (χ1v) is 8.67. The Balaban J connectivity index is 1.78. The second-order valence-electron chi connectivity index (χ2n) is 6.47. The van der Waals surface area contributed by atoms with Gasteiger partial charge in [-0.15, -0.1) is 10.2 Å². The van der Waals surface area contributed by atoms with Crippen molar-refractivity contribution in [2.75, 3.05) is 11.1 Å². The molecule has 2 aromatic heterocycles. The van der Waals surface area contributed by atoms with Gasteiger partial charge in [-0.05, 0) is 12.1 Å². The van der Waals surface area contributed by atoms with Crippen LogP contribution in [0.1, 0.15) is 26.5 Å². The monoisotopic (exact) mass is 358 g/mol. The van der Waals surface area contributed by atoms with Gasteiger partial charge in [0.25, 0.3) is 11.3 Å². The molecule has 0 radical (unpaired) electrons. The molecular weight excluding hydrogens is 340 g/mol. The van der Waals surface area contributed by atoms with Crippen LogP contribution in [0.2, 0.25) is 0 Å². The molecule has 130 valence electrons. The number of para-hydroxylation sites is 1. The van der Waals surface area contributed by atoms with Crippen LogP contribution in [0.3, 0.4) is 0 Å². The largest absolute Gasteiger partial charge is 0.325 e. The molecule has 0 saturated heterocycles. The third-order valence-corrected chi connectivity index (χ3v) is 4.27. The van der Waals surface area contributed by atoms with Crippen molar-refractivity contribution in [1.29, 1.82) is 0 Å². The maximum Gasteiger partial charge on any atom is 0.274 e. The number of fused-ring (bicyclic) bond motifs is 1. The SMILES string of the molecule is CC(C)(C)c1nn2c(SCC(=O)Nc3ccccc3)nnc2[nH]c1=O. The average Bonchev–Trinajstić information content (AvgIpc) is 2.94. The van der Waals surface area contributed by atoms with Gasteiger partial charge >= 0.3 is 0 Å². The van der Waals surface area contributed by atoms with E-state index in [1.807, 2.05) is 51.1 Å². The summed E-state index contributed by atoms with van der Waals surface area (Å²) in [5, 5.41) is 15.5. The summed E-state index contributed by atoms with van der Waals surface area (Å²) in [6.45, 7) is 5.71. The predicted octanol–water partition coefficient (Wildman–Crippen LogP) is 1.84. The summed E-state index contributed by atoms with van der Waals surface area (Å²) in [6.07, 6.45) is 0. The zero-order valence-corrected chi connectivity index (χ0v) is 14.9. The van der Waals surface area contributed by atoms with Crippen LogP contribution >= 0.6 is 11.8 Å². The van der Waals surface area contributed by atoms with E-state index in [0.717, 1.165) is 5.69 Å². The molecule has 1 amide bonds. The topological polar surface area (TPSA) is 105 Å². The third-order valence-electron chi connectivity index (χ3n) is 3.35. The van der Waals surface area contributed by atoms with Crippen LogP contribution in [0.15, 0.2) is 40.3 Å². The number of nitrogens with one attached hydrogen (secondary N) is 2. The summed E-state index contributed by atoms with van der Waals surface area (Å²) in [7, 11) is 0. The Kier molecular flexibility index (Phi) is 4.58. The Labute approximate surface area is 148 Å². The van der Waals surface area contributed by atoms with Crippen molar-refractivity contribution in [2.45, 2.75) is 31.3 Å². The minimum Gasteiger partial charge on any atom is -0.325 e. The zero-order valence-electron chi connectivity index (χ0n) is 14.1. The number of rotatable bonds is 4. The number of carbonyl (C=O) groups is 1. The molecule has 0 atom stereocenters. The summed E-state index contributed by atoms with van der Waals surface area (Å²) in [5.74, 6) is 0.249. The fourth-order valence-electron chi connectivity index (χ4n) is 2.17. The van der Waals surface area contributed by atoms with Gasteiger partial charge in [0.2, 0.25) is 11.1 Å². The van der Waals surface area contributed by atoms with Crippen molar-refractivity contribution in [3.8, 4) is 0 Å². The Morgan fingerprint density at radius 2 is 1.96 bits per heavy atom. The van der Waals surface area contributed by atoms with Gasteiger partial charge in [0.1, 0.15) is 5.69 Å². The van der Waals surface area contributed by atoms with E-state index in [-0.39, 0.29) is 23.0 Å². The Morgan fingerprint density at radius 1 is 1.24 bits per heavy atom. The minimum atomic E-state index is -0.418. The minimum absolute atomic E-state index is 0.154. The number of aromatic nitrogens is 5. The van der Waals surface area contributed by atoms with Gasteiger partial charge in [-0.1, -0.05) is 50.7 Å². The normalized spacial score (nSPS) is 11.6. The molecule has 2 heterocycles.